The fourth-order valence-electron chi connectivity index (χ4n) is 2.87. The van der Waals surface area contributed by atoms with Crippen LogP contribution in [0.3, 0.4) is 0 Å². The minimum Gasteiger partial charge on any atom is -0.477 e. The van der Waals surface area contributed by atoms with Gasteiger partial charge < -0.3 is 19.8 Å². The SMILES string of the molecule is CC(NC(=O)C1(Oc2ccc(Cl)cc2)CCNCC1)c1ccco1. The fourth-order valence-corrected chi connectivity index (χ4v) is 3.00. The molecule has 2 N–H and O–H groups in total. The zero-order chi connectivity index (χ0) is 17.0. The molecule has 0 bridgehead atoms. The van der Waals surface area contributed by atoms with Crippen LogP contribution in [0.4, 0.5) is 0 Å². The number of rotatable bonds is 5. The van der Waals surface area contributed by atoms with Gasteiger partial charge in [0.25, 0.3) is 5.91 Å². The molecule has 1 aliphatic rings. The van der Waals surface area contributed by atoms with Gasteiger partial charge in [-0.25, -0.2) is 0 Å². The Bertz CT molecular complexity index is 664. The van der Waals surface area contributed by atoms with Gasteiger partial charge in [0, 0.05) is 17.9 Å². The summed E-state index contributed by atoms with van der Waals surface area (Å²) in [6.07, 6.45) is 2.81. The Morgan fingerprint density at radius 2 is 2.00 bits per heavy atom. The monoisotopic (exact) mass is 348 g/mol. The first-order valence-corrected chi connectivity index (χ1v) is 8.46. The van der Waals surface area contributed by atoms with Gasteiger partial charge >= 0.3 is 0 Å². The van der Waals surface area contributed by atoms with E-state index in [1.54, 1.807) is 30.5 Å². The molecule has 3 rings (SSSR count). The highest BCUT2D eigenvalue weighted by atomic mass is 35.5. The smallest absolute Gasteiger partial charge is 0.264 e. The van der Waals surface area contributed by atoms with Crippen LogP contribution in [0.2, 0.25) is 5.02 Å². The van der Waals surface area contributed by atoms with Crippen molar-refractivity contribution in [3.05, 3.63) is 53.4 Å². The minimum absolute atomic E-state index is 0.122. The van der Waals surface area contributed by atoms with Gasteiger partial charge in [0.05, 0.1) is 12.3 Å². The van der Waals surface area contributed by atoms with E-state index in [0.717, 1.165) is 18.8 Å². The first-order valence-electron chi connectivity index (χ1n) is 8.09. The van der Waals surface area contributed by atoms with Gasteiger partial charge in [0.15, 0.2) is 5.60 Å². The summed E-state index contributed by atoms with van der Waals surface area (Å²) in [6, 6.07) is 10.5. The van der Waals surface area contributed by atoms with E-state index in [-0.39, 0.29) is 11.9 Å². The maximum Gasteiger partial charge on any atom is 0.264 e. The molecular weight excluding hydrogens is 328 g/mol. The highest BCUT2D eigenvalue weighted by molar-refractivity contribution is 6.30. The molecule has 1 unspecified atom stereocenters. The fraction of sp³-hybridized carbons (Fsp3) is 0.389. The maximum absolute atomic E-state index is 13.0. The second kappa shape index (κ2) is 7.28. The van der Waals surface area contributed by atoms with Gasteiger partial charge in [-0.15, -0.1) is 0 Å². The minimum atomic E-state index is -0.889. The van der Waals surface area contributed by atoms with Crippen molar-refractivity contribution >= 4 is 17.5 Å². The van der Waals surface area contributed by atoms with Crippen molar-refractivity contribution in [1.29, 1.82) is 0 Å². The van der Waals surface area contributed by atoms with Crippen LogP contribution < -0.4 is 15.4 Å². The van der Waals surface area contributed by atoms with E-state index >= 15 is 0 Å². The molecule has 1 fully saturated rings. The third kappa shape index (κ3) is 3.74. The number of furan rings is 1. The van der Waals surface area contributed by atoms with Crippen LogP contribution in [0.25, 0.3) is 0 Å². The third-order valence-electron chi connectivity index (χ3n) is 4.27. The molecule has 1 aromatic carbocycles. The Kier molecular flexibility index (Phi) is 5.11. The van der Waals surface area contributed by atoms with Gasteiger partial charge in [0.2, 0.25) is 0 Å². The molecule has 1 amide bonds. The lowest BCUT2D eigenvalue weighted by Gasteiger charge is -2.37. The van der Waals surface area contributed by atoms with E-state index in [1.807, 2.05) is 19.1 Å². The molecule has 0 radical (unpaired) electrons. The Hall–Kier alpha value is -1.98. The van der Waals surface area contributed by atoms with Crippen molar-refractivity contribution in [2.45, 2.75) is 31.4 Å². The number of benzene rings is 1. The van der Waals surface area contributed by atoms with Gasteiger partial charge in [-0.1, -0.05) is 11.6 Å². The van der Waals surface area contributed by atoms with Crippen molar-refractivity contribution in [2.24, 2.45) is 0 Å². The predicted octanol–water partition coefficient (Wildman–Crippen LogP) is 3.31. The molecule has 128 valence electrons. The lowest BCUT2D eigenvalue weighted by Crippen LogP contribution is -2.56. The molecule has 1 aromatic heterocycles. The molecule has 0 spiro atoms. The van der Waals surface area contributed by atoms with Crippen LogP contribution in [0, 0.1) is 0 Å². The van der Waals surface area contributed by atoms with Crippen molar-refractivity contribution in [1.82, 2.24) is 10.6 Å². The lowest BCUT2D eigenvalue weighted by atomic mass is 9.90. The molecule has 0 saturated carbocycles. The highest BCUT2D eigenvalue weighted by Gasteiger charge is 2.42. The molecule has 5 nitrogen and oxygen atoms in total. The molecule has 24 heavy (non-hydrogen) atoms. The molecule has 0 aliphatic carbocycles. The predicted molar refractivity (Wildman–Crippen MR) is 92.2 cm³/mol. The van der Waals surface area contributed by atoms with E-state index in [4.69, 9.17) is 20.8 Å². The van der Waals surface area contributed by atoms with Crippen molar-refractivity contribution in [3.8, 4) is 5.75 Å². The molecule has 1 saturated heterocycles. The Morgan fingerprint density at radius 1 is 1.29 bits per heavy atom. The number of carbonyl (C=O) groups is 1. The Balaban J connectivity index is 1.77. The number of nitrogens with one attached hydrogen (secondary N) is 2. The van der Waals surface area contributed by atoms with Crippen molar-refractivity contribution in [3.63, 3.8) is 0 Å². The van der Waals surface area contributed by atoms with E-state index in [9.17, 15) is 4.79 Å². The van der Waals surface area contributed by atoms with Crippen LogP contribution >= 0.6 is 11.6 Å². The summed E-state index contributed by atoms with van der Waals surface area (Å²) in [5.74, 6) is 1.24. The van der Waals surface area contributed by atoms with E-state index < -0.39 is 5.60 Å². The van der Waals surface area contributed by atoms with E-state index in [1.165, 1.54) is 0 Å². The van der Waals surface area contributed by atoms with Crippen LogP contribution in [0.5, 0.6) is 5.75 Å². The van der Waals surface area contributed by atoms with Gasteiger partial charge in [-0.3, -0.25) is 4.79 Å². The summed E-state index contributed by atoms with van der Waals surface area (Å²) in [4.78, 5) is 13.0. The second-order valence-electron chi connectivity index (χ2n) is 6.01. The van der Waals surface area contributed by atoms with Crippen LogP contribution in [0.1, 0.15) is 31.6 Å². The van der Waals surface area contributed by atoms with Gasteiger partial charge in [-0.2, -0.15) is 0 Å². The summed E-state index contributed by atoms with van der Waals surface area (Å²) in [7, 11) is 0. The number of hydrogen-bond acceptors (Lipinski definition) is 4. The highest BCUT2D eigenvalue weighted by Crippen LogP contribution is 2.29. The average molecular weight is 349 g/mol. The molecular formula is C18H21ClN2O3. The van der Waals surface area contributed by atoms with E-state index in [2.05, 4.69) is 10.6 Å². The zero-order valence-electron chi connectivity index (χ0n) is 13.5. The Morgan fingerprint density at radius 3 is 2.62 bits per heavy atom. The second-order valence-corrected chi connectivity index (χ2v) is 6.45. The number of ether oxygens (including phenoxy) is 1. The van der Waals surface area contributed by atoms with Crippen molar-refractivity contribution < 1.29 is 13.9 Å². The summed E-state index contributed by atoms with van der Waals surface area (Å²) in [5, 5.41) is 6.92. The molecule has 2 aromatic rings. The number of halogens is 1. The molecule has 2 heterocycles. The van der Waals surface area contributed by atoms with Crippen molar-refractivity contribution in [2.75, 3.05) is 13.1 Å². The van der Waals surface area contributed by atoms with Crippen LogP contribution in [-0.2, 0) is 4.79 Å². The lowest BCUT2D eigenvalue weighted by molar-refractivity contribution is -0.140. The van der Waals surface area contributed by atoms with E-state index in [0.29, 0.717) is 23.6 Å². The summed E-state index contributed by atoms with van der Waals surface area (Å²) in [5.41, 5.74) is -0.889. The summed E-state index contributed by atoms with van der Waals surface area (Å²) >= 11 is 5.92. The topological polar surface area (TPSA) is 63.5 Å². The quantitative estimate of drug-likeness (QED) is 0.870. The number of piperidine rings is 1. The molecule has 1 atom stereocenters. The molecule has 6 heteroatoms. The van der Waals surface area contributed by atoms with Crippen LogP contribution in [0.15, 0.2) is 47.1 Å². The summed E-state index contributed by atoms with van der Waals surface area (Å²) in [6.45, 7) is 3.36. The maximum atomic E-state index is 13.0. The van der Waals surface area contributed by atoms with Crippen LogP contribution in [-0.4, -0.2) is 24.6 Å². The first kappa shape index (κ1) is 16.9. The largest absolute Gasteiger partial charge is 0.477 e. The standard InChI is InChI=1S/C18H21ClN2O3/c1-13(16-3-2-12-23-16)21-17(22)18(8-10-20-11-9-18)24-15-6-4-14(19)5-7-15/h2-7,12-13,20H,8-11H2,1H3,(H,21,22). The Labute approximate surface area is 146 Å². The first-order chi connectivity index (χ1) is 11.6. The van der Waals surface area contributed by atoms with Gasteiger partial charge in [0.1, 0.15) is 11.5 Å². The molecule has 1 aliphatic heterocycles. The summed E-state index contributed by atoms with van der Waals surface area (Å²) < 4.78 is 11.5. The third-order valence-corrected chi connectivity index (χ3v) is 4.52. The zero-order valence-corrected chi connectivity index (χ0v) is 14.3. The average Bonchev–Trinajstić information content (AvgIpc) is 3.12. The van der Waals surface area contributed by atoms with Gasteiger partial charge in [-0.05, 0) is 56.4 Å². The normalized spacial score (nSPS) is 17.9. The number of hydrogen-bond donors (Lipinski definition) is 2. The number of amides is 1. The number of carbonyl (C=O) groups excluding carboxylic acids is 1.